The van der Waals surface area contributed by atoms with E-state index < -0.39 is 0 Å². The topological polar surface area (TPSA) is 29.0 Å². The second-order valence-electron chi connectivity index (χ2n) is 7.74. The van der Waals surface area contributed by atoms with Crippen molar-refractivity contribution in [2.24, 2.45) is 0 Å². The van der Waals surface area contributed by atoms with Gasteiger partial charge in [-0.3, -0.25) is 0 Å². The number of benzene rings is 2. The van der Waals surface area contributed by atoms with Crippen LogP contribution in [0.2, 0.25) is 0 Å². The van der Waals surface area contributed by atoms with Crippen molar-refractivity contribution in [1.82, 2.24) is 9.97 Å². The monoisotopic (exact) mass is 375 g/mol. The van der Waals surface area contributed by atoms with Gasteiger partial charge in [0.2, 0.25) is 0 Å². The molecule has 2 heterocycles. The first-order chi connectivity index (χ1) is 13.4. The molecule has 3 aromatic rings. The zero-order valence-corrected chi connectivity index (χ0v) is 17.0. The molecule has 4 heteroatoms. The van der Waals surface area contributed by atoms with Gasteiger partial charge < -0.3 is 4.90 Å². The highest BCUT2D eigenvalue weighted by Crippen LogP contribution is 2.36. The second-order valence-corrected chi connectivity index (χ2v) is 7.74. The molecule has 0 radical (unpaired) electrons. The number of hydrogen-bond acceptors (Lipinski definition) is 3. The number of halogens is 1. The Morgan fingerprint density at radius 1 is 1.04 bits per heavy atom. The zero-order chi connectivity index (χ0) is 19.8. The van der Waals surface area contributed by atoms with Crippen LogP contribution in [0.25, 0.3) is 0 Å². The van der Waals surface area contributed by atoms with E-state index in [2.05, 4.69) is 43.9 Å². The number of aromatic nitrogens is 2. The van der Waals surface area contributed by atoms with Crippen molar-refractivity contribution in [1.29, 1.82) is 0 Å². The summed E-state index contributed by atoms with van der Waals surface area (Å²) in [6.07, 6.45) is 1.63. The summed E-state index contributed by atoms with van der Waals surface area (Å²) >= 11 is 0. The maximum atomic E-state index is 13.2. The number of aryl methyl sites for hydroxylation is 2. The Morgan fingerprint density at radius 2 is 1.79 bits per heavy atom. The Hall–Kier alpha value is -2.75. The largest absolute Gasteiger partial charge is 0.349 e. The number of rotatable bonds is 3. The van der Waals surface area contributed by atoms with Gasteiger partial charge in [0.15, 0.2) is 0 Å². The smallest absolute Gasteiger partial charge is 0.136 e. The molecule has 0 spiro atoms. The third-order valence-electron chi connectivity index (χ3n) is 5.88. The molecule has 144 valence electrons. The first-order valence-electron chi connectivity index (χ1n) is 9.87. The Labute approximate surface area is 166 Å². The summed E-state index contributed by atoms with van der Waals surface area (Å²) in [4.78, 5) is 12.1. The molecular formula is C24H26FN3. The van der Waals surface area contributed by atoms with Crippen molar-refractivity contribution in [2.75, 3.05) is 11.4 Å². The quantitative estimate of drug-likeness (QED) is 0.626. The standard InChI is InChI=1S/C24H26FN3/c1-15-6-5-7-20-12-13-28(18(4)23(15)20)24-16(2)17(3)26-22(27-24)14-19-8-10-21(25)11-9-19/h5-11,18H,12-14H2,1-4H3. The Balaban J connectivity index is 1.70. The van der Waals surface area contributed by atoms with Gasteiger partial charge in [-0.1, -0.05) is 30.3 Å². The van der Waals surface area contributed by atoms with Crippen LogP contribution in [0.1, 0.15) is 52.3 Å². The third kappa shape index (κ3) is 3.39. The van der Waals surface area contributed by atoms with Crippen molar-refractivity contribution in [3.8, 4) is 0 Å². The van der Waals surface area contributed by atoms with Crippen molar-refractivity contribution < 1.29 is 4.39 Å². The van der Waals surface area contributed by atoms with Gasteiger partial charge in [-0.25, -0.2) is 14.4 Å². The van der Waals surface area contributed by atoms with Crippen LogP contribution in [0, 0.1) is 26.6 Å². The van der Waals surface area contributed by atoms with Gasteiger partial charge in [-0.2, -0.15) is 0 Å². The Kier molecular flexibility index (Phi) is 4.88. The van der Waals surface area contributed by atoms with Crippen LogP contribution in [0.3, 0.4) is 0 Å². The number of hydrogen-bond donors (Lipinski definition) is 0. The third-order valence-corrected chi connectivity index (χ3v) is 5.88. The lowest BCUT2D eigenvalue weighted by Crippen LogP contribution is -2.36. The molecule has 4 rings (SSSR count). The average molecular weight is 375 g/mol. The minimum atomic E-state index is -0.221. The molecule has 0 saturated carbocycles. The highest BCUT2D eigenvalue weighted by atomic mass is 19.1. The van der Waals surface area contributed by atoms with Crippen molar-refractivity contribution >= 4 is 5.82 Å². The van der Waals surface area contributed by atoms with E-state index in [1.54, 1.807) is 12.1 Å². The van der Waals surface area contributed by atoms with Crippen LogP contribution < -0.4 is 4.90 Å². The lowest BCUT2D eigenvalue weighted by molar-refractivity contribution is 0.608. The molecular weight excluding hydrogens is 349 g/mol. The first kappa shape index (κ1) is 18.6. The van der Waals surface area contributed by atoms with Crippen LogP contribution in [0.15, 0.2) is 42.5 Å². The molecule has 0 fully saturated rings. The number of nitrogens with zero attached hydrogens (tertiary/aromatic N) is 3. The van der Waals surface area contributed by atoms with Crippen molar-refractivity contribution in [3.05, 3.63) is 87.6 Å². The molecule has 1 aliphatic heterocycles. The summed E-state index contributed by atoms with van der Waals surface area (Å²) in [6.45, 7) is 9.55. The molecule has 1 unspecified atom stereocenters. The fourth-order valence-corrected chi connectivity index (χ4v) is 4.25. The summed E-state index contributed by atoms with van der Waals surface area (Å²) in [5.41, 5.74) is 7.35. The Morgan fingerprint density at radius 3 is 2.54 bits per heavy atom. The van der Waals surface area contributed by atoms with E-state index >= 15 is 0 Å². The summed E-state index contributed by atoms with van der Waals surface area (Å²) < 4.78 is 13.2. The van der Waals surface area contributed by atoms with Gasteiger partial charge >= 0.3 is 0 Å². The van der Waals surface area contributed by atoms with Gasteiger partial charge in [-0.05, 0) is 68.5 Å². The predicted octanol–water partition coefficient (Wildman–Crippen LogP) is 5.26. The lowest BCUT2D eigenvalue weighted by Gasteiger charge is -2.38. The van der Waals surface area contributed by atoms with Crippen LogP contribution in [-0.2, 0) is 12.8 Å². The van der Waals surface area contributed by atoms with Crippen LogP contribution in [0.4, 0.5) is 10.2 Å². The van der Waals surface area contributed by atoms with Crippen LogP contribution in [0.5, 0.6) is 0 Å². The molecule has 2 aromatic carbocycles. The Bertz CT molecular complexity index is 1010. The van der Waals surface area contributed by atoms with Gasteiger partial charge in [0.05, 0.1) is 6.04 Å². The maximum absolute atomic E-state index is 13.2. The normalized spacial score (nSPS) is 16.2. The lowest BCUT2D eigenvalue weighted by atomic mass is 9.89. The first-order valence-corrected chi connectivity index (χ1v) is 9.87. The van der Waals surface area contributed by atoms with Gasteiger partial charge in [0.25, 0.3) is 0 Å². The number of anilines is 1. The van der Waals surface area contributed by atoms with Gasteiger partial charge in [0, 0.05) is 24.2 Å². The SMILES string of the molecule is Cc1cccc2c1C(C)N(c1nc(Cc3ccc(F)cc3)nc(C)c1C)CC2. The van der Waals surface area contributed by atoms with E-state index in [9.17, 15) is 4.39 Å². The molecule has 0 N–H and O–H groups in total. The highest BCUT2D eigenvalue weighted by molar-refractivity contribution is 5.54. The molecule has 0 amide bonds. The van der Waals surface area contributed by atoms with Crippen molar-refractivity contribution in [3.63, 3.8) is 0 Å². The molecule has 0 aliphatic carbocycles. The average Bonchev–Trinajstić information content (AvgIpc) is 2.67. The van der Waals surface area contributed by atoms with Gasteiger partial charge in [0.1, 0.15) is 17.5 Å². The van der Waals surface area contributed by atoms with E-state index in [4.69, 9.17) is 9.97 Å². The molecule has 28 heavy (non-hydrogen) atoms. The molecule has 1 aliphatic rings. The molecule has 1 atom stereocenters. The number of fused-ring (bicyclic) bond motifs is 1. The van der Waals surface area contributed by atoms with E-state index in [1.165, 1.54) is 28.8 Å². The summed E-state index contributed by atoms with van der Waals surface area (Å²) in [5, 5.41) is 0. The maximum Gasteiger partial charge on any atom is 0.136 e. The summed E-state index contributed by atoms with van der Waals surface area (Å²) in [7, 11) is 0. The minimum Gasteiger partial charge on any atom is -0.349 e. The van der Waals surface area contributed by atoms with Crippen molar-refractivity contribution in [2.45, 2.75) is 46.6 Å². The molecule has 0 saturated heterocycles. The summed E-state index contributed by atoms with van der Waals surface area (Å²) in [6, 6.07) is 13.4. The fraction of sp³-hybridized carbons (Fsp3) is 0.333. The molecule has 1 aromatic heterocycles. The summed E-state index contributed by atoms with van der Waals surface area (Å²) in [5.74, 6) is 1.58. The minimum absolute atomic E-state index is 0.221. The zero-order valence-electron chi connectivity index (χ0n) is 17.0. The fourth-order valence-electron chi connectivity index (χ4n) is 4.25. The predicted molar refractivity (Wildman–Crippen MR) is 111 cm³/mol. The van der Waals surface area contributed by atoms with Gasteiger partial charge in [-0.15, -0.1) is 0 Å². The van der Waals surface area contributed by atoms with E-state index in [1.807, 2.05) is 6.92 Å². The highest BCUT2D eigenvalue weighted by Gasteiger charge is 2.28. The van der Waals surface area contributed by atoms with E-state index in [0.29, 0.717) is 6.42 Å². The molecule has 0 bridgehead atoms. The second kappa shape index (κ2) is 7.34. The van der Waals surface area contributed by atoms with Crippen LogP contribution in [-0.4, -0.2) is 16.5 Å². The van der Waals surface area contributed by atoms with Crippen LogP contribution >= 0.6 is 0 Å². The van der Waals surface area contributed by atoms with E-state index in [0.717, 1.165) is 41.4 Å². The molecule has 3 nitrogen and oxygen atoms in total. The van der Waals surface area contributed by atoms with E-state index in [-0.39, 0.29) is 11.9 Å².